The summed E-state index contributed by atoms with van der Waals surface area (Å²) in [6.45, 7) is 30.8. The molecule has 0 amide bonds. The van der Waals surface area contributed by atoms with Gasteiger partial charge in [0.05, 0.1) is 11.0 Å². The van der Waals surface area contributed by atoms with Gasteiger partial charge in [-0.1, -0.05) is 139 Å². The van der Waals surface area contributed by atoms with Crippen LogP contribution in [0.4, 0.5) is 34.1 Å². The van der Waals surface area contributed by atoms with Gasteiger partial charge in [-0.2, -0.15) is 5.69 Å². The van der Waals surface area contributed by atoms with Crippen molar-refractivity contribution in [3.05, 3.63) is 175 Å². The van der Waals surface area contributed by atoms with Crippen molar-refractivity contribution in [1.29, 1.82) is 0 Å². The molecule has 0 N–H and O–H groups in total. The summed E-state index contributed by atoms with van der Waals surface area (Å²) in [5.41, 5.74) is 21.5. The van der Waals surface area contributed by atoms with Crippen molar-refractivity contribution in [1.82, 2.24) is 4.57 Å². The first-order valence-electron chi connectivity index (χ1n) is 24.3. The Bertz CT molecular complexity index is 3250. The fraction of sp³-hybridized carbons (Fsp3) is 0.317. The van der Waals surface area contributed by atoms with Gasteiger partial charge in [0.25, 0.3) is 6.71 Å². The number of benzene rings is 7. The molecule has 0 atom stereocenters. The predicted octanol–water partition coefficient (Wildman–Crippen LogP) is 15.2. The summed E-state index contributed by atoms with van der Waals surface area (Å²) in [5.74, 6) is 0. The van der Waals surface area contributed by atoms with E-state index < -0.39 is 0 Å². The minimum Gasteiger partial charge on any atom is -0.359 e. The van der Waals surface area contributed by atoms with Gasteiger partial charge in [0, 0.05) is 72.2 Å². The molecular formula is C63H67BCd2N3-. The van der Waals surface area contributed by atoms with E-state index in [0.29, 0.717) is 0 Å². The molecule has 7 aromatic carbocycles. The van der Waals surface area contributed by atoms with Crippen molar-refractivity contribution in [2.45, 2.75) is 130 Å². The Kier molecular flexibility index (Phi) is 13.0. The van der Waals surface area contributed by atoms with Crippen LogP contribution in [-0.4, -0.2) is 11.3 Å². The molecule has 3 nitrogen and oxygen atoms in total. The number of aromatic nitrogens is 1. The Morgan fingerprint density at radius 1 is 0.493 bits per heavy atom. The van der Waals surface area contributed by atoms with Crippen LogP contribution < -0.4 is 26.2 Å². The molecule has 0 spiro atoms. The first-order chi connectivity index (χ1) is 31.1. The van der Waals surface area contributed by atoms with Crippen molar-refractivity contribution in [3.63, 3.8) is 0 Å². The maximum absolute atomic E-state index is 3.69. The van der Waals surface area contributed by atoms with Crippen LogP contribution in [0, 0.1) is 19.6 Å². The van der Waals surface area contributed by atoms with E-state index in [4.69, 9.17) is 0 Å². The third kappa shape index (κ3) is 8.27. The SMILES string of the molecule is CC(C)(C)c1ccc(N2c3cc4c(cc3B3c5cc6c7cc(C(C)(C)C)ccc7n(-c7ccccc7)c6cc5N(c5[c-]ccc[c-]5)c5cc(C(C)(C)C)cc2c53)C(C)(C)CCC4(C)C)cc1.[CH3-].[Cd+2].[Cd]. The number of rotatable bonds is 3. The van der Waals surface area contributed by atoms with E-state index >= 15 is 0 Å². The summed E-state index contributed by atoms with van der Waals surface area (Å²) in [4.78, 5) is 5.12. The van der Waals surface area contributed by atoms with Crippen LogP contribution in [0.1, 0.15) is 131 Å². The molecule has 3 heterocycles. The van der Waals surface area contributed by atoms with E-state index in [2.05, 4.69) is 226 Å². The Morgan fingerprint density at radius 2 is 1.01 bits per heavy atom. The molecule has 0 unspecified atom stereocenters. The molecule has 6 heteroatoms. The van der Waals surface area contributed by atoms with Gasteiger partial charge in [0.2, 0.25) is 0 Å². The average molecular weight is 1100 g/mol. The summed E-state index contributed by atoms with van der Waals surface area (Å²) < 4.78 is 2.49. The summed E-state index contributed by atoms with van der Waals surface area (Å²) in [6, 6.07) is 56.4. The Labute approximate surface area is 454 Å². The van der Waals surface area contributed by atoms with Crippen molar-refractivity contribution in [3.8, 4) is 5.69 Å². The summed E-state index contributed by atoms with van der Waals surface area (Å²) >= 11 is 0. The topological polar surface area (TPSA) is 11.4 Å². The quantitative estimate of drug-likeness (QED) is 0.129. The molecular weight excluding hydrogens is 1030 g/mol. The van der Waals surface area contributed by atoms with E-state index in [1.165, 1.54) is 94.4 Å². The van der Waals surface area contributed by atoms with Gasteiger partial charge >= 0.3 is 27.3 Å². The molecule has 0 radical (unpaired) electrons. The maximum atomic E-state index is 3.69. The van der Waals surface area contributed by atoms with E-state index in [1.54, 1.807) is 0 Å². The Morgan fingerprint density at radius 3 is 1.61 bits per heavy atom. The van der Waals surface area contributed by atoms with Crippen LogP contribution >= 0.6 is 0 Å². The third-order valence-electron chi connectivity index (χ3n) is 15.5. The van der Waals surface area contributed by atoms with E-state index in [-0.39, 0.29) is 95.8 Å². The second-order valence-electron chi connectivity index (χ2n) is 24.0. The molecule has 1 aromatic heterocycles. The van der Waals surface area contributed by atoms with Crippen LogP contribution in [0.15, 0.2) is 127 Å². The third-order valence-corrected chi connectivity index (χ3v) is 15.5. The van der Waals surface area contributed by atoms with Crippen LogP contribution in [-0.2, 0) is 81.7 Å². The fourth-order valence-corrected chi connectivity index (χ4v) is 11.4. The number of anilines is 6. The predicted molar refractivity (Wildman–Crippen MR) is 290 cm³/mol. The van der Waals surface area contributed by atoms with Gasteiger partial charge in [0.1, 0.15) is 0 Å². The first kappa shape index (κ1) is 51.2. The molecule has 2 aliphatic heterocycles. The number of hydrogen-bond donors (Lipinski definition) is 0. The molecule has 11 rings (SSSR count). The molecule has 0 bridgehead atoms. The summed E-state index contributed by atoms with van der Waals surface area (Å²) in [6.07, 6.45) is 2.32. The smallest absolute Gasteiger partial charge is 0.359 e. The van der Waals surface area contributed by atoms with Gasteiger partial charge < -0.3 is 33.9 Å². The normalized spacial score (nSPS) is 15.6. The average Bonchev–Trinajstić information content (AvgIpc) is 3.59. The van der Waals surface area contributed by atoms with Crippen LogP contribution in [0.25, 0.3) is 27.5 Å². The standard InChI is InChI=1S/C62H64BN3.CH3.2Cd/c1-58(2,3)39-24-27-44(28-25-39)66-53-37-48-47(61(10,11)30-31-62(48,12)13)36-50(53)63-49-35-46-45-32-40(59(4,5)6)26-29-51(45)64(42-20-16-14-17-21-42)52(46)38-54(49)65(43-22-18-15-19-23-43)55-33-41(60(7,8)9)34-56(66)57(55)63;;;/h14-21,24-29,32-38H,30-31H2,1-13H3;1H3;;/q-2;-1;;+2. The Balaban J connectivity index is 0.00000214. The van der Waals surface area contributed by atoms with E-state index in [1.807, 2.05) is 18.2 Å². The number of nitrogens with zero attached hydrogens (tertiary/aromatic N) is 3. The molecule has 0 fully saturated rings. The zero-order valence-electron chi connectivity index (χ0n) is 43.9. The van der Waals surface area contributed by atoms with Crippen LogP contribution in [0.3, 0.4) is 0 Å². The van der Waals surface area contributed by atoms with Crippen LogP contribution in [0.2, 0.25) is 0 Å². The van der Waals surface area contributed by atoms with Crippen molar-refractivity contribution in [2.75, 3.05) is 9.80 Å². The molecule has 8 aromatic rings. The second-order valence-corrected chi connectivity index (χ2v) is 24.0. The van der Waals surface area contributed by atoms with E-state index in [0.717, 1.165) is 24.2 Å². The number of hydrogen-bond acceptors (Lipinski definition) is 2. The van der Waals surface area contributed by atoms with E-state index in [9.17, 15) is 0 Å². The van der Waals surface area contributed by atoms with Gasteiger partial charge in [-0.05, 0) is 145 Å². The monoisotopic (exact) mass is 1100 g/mol. The molecule has 342 valence electrons. The van der Waals surface area contributed by atoms with Gasteiger partial charge in [0.15, 0.2) is 0 Å². The van der Waals surface area contributed by atoms with Gasteiger partial charge in [-0.25, -0.2) is 0 Å². The second kappa shape index (κ2) is 17.6. The van der Waals surface area contributed by atoms with Gasteiger partial charge in [-0.3, -0.25) is 18.2 Å². The zero-order valence-corrected chi connectivity index (χ0v) is 51.9. The van der Waals surface area contributed by atoms with Crippen molar-refractivity contribution >= 4 is 79.0 Å². The first-order valence-corrected chi connectivity index (χ1v) is 24.3. The molecule has 1 aliphatic carbocycles. The fourth-order valence-electron chi connectivity index (χ4n) is 11.4. The summed E-state index contributed by atoms with van der Waals surface area (Å²) in [7, 11) is 0. The summed E-state index contributed by atoms with van der Waals surface area (Å²) in [5, 5.41) is 2.56. The van der Waals surface area contributed by atoms with Crippen LogP contribution in [0.5, 0.6) is 0 Å². The van der Waals surface area contributed by atoms with Crippen molar-refractivity contribution in [2.24, 2.45) is 0 Å². The largest absolute Gasteiger partial charge is 2.00 e. The molecule has 0 saturated carbocycles. The molecule has 0 saturated heterocycles. The zero-order chi connectivity index (χ0) is 46.5. The molecule has 3 aliphatic rings. The number of fused-ring (bicyclic) bond motifs is 8. The van der Waals surface area contributed by atoms with Crippen molar-refractivity contribution < 1.29 is 54.6 Å². The number of para-hydroxylation sites is 2. The minimum atomic E-state index is -0.130. The van der Waals surface area contributed by atoms with Gasteiger partial charge in [-0.15, -0.1) is 0 Å². The molecule has 69 heavy (non-hydrogen) atoms. The maximum Gasteiger partial charge on any atom is 2.00 e. The minimum absolute atomic E-state index is 0. The Hall–Kier alpha value is -4.15.